The highest BCUT2D eigenvalue weighted by Gasteiger charge is 2.30. The molecule has 1 atom stereocenters. The fourth-order valence-corrected chi connectivity index (χ4v) is 5.47. The van der Waals surface area contributed by atoms with Gasteiger partial charge < -0.3 is 10.2 Å². The lowest BCUT2D eigenvalue weighted by molar-refractivity contribution is -0.126. The molecule has 2 aromatic heterocycles. The third-order valence-electron chi connectivity index (χ3n) is 6.93. The molecule has 162 valence electrons. The number of nitrogens with zero attached hydrogens (tertiary/aromatic N) is 3. The van der Waals surface area contributed by atoms with Crippen molar-refractivity contribution in [3.8, 4) is 0 Å². The van der Waals surface area contributed by atoms with E-state index in [0.29, 0.717) is 5.92 Å². The van der Waals surface area contributed by atoms with Crippen LogP contribution in [0.3, 0.4) is 0 Å². The number of amides is 1. The van der Waals surface area contributed by atoms with Gasteiger partial charge >= 0.3 is 0 Å². The van der Waals surface area contributed by atoms with Gasteiger partial charge in [-0.05, 0) is 45.1 Å². The monoisotopic (exact) mass is 434 g/mol. The summed E-state index contributed by atoms with van der Waals surface area (Å²) >= 11 is 1.76. The first kappa shape index (κ1) is 20.4. The van der Waals surface area contributed by atoms with Crippen LogP contribution < -0.4 is 10.2 Å². The van der Waals surface area contributed by atoms with Gasteiger partial charge in [-0.25, -0.2) is 9.97 Å². The van der Waals surface area contributed by atoms with E-state index in [1.54, 1.807) is 11.3 Å². The number of nitrogens with one attached hydrogen (secondary N) is 1. The first-order valence-corrected chi connectivity index (χ1v) is 12.3. The summed E-state index contributed by atoms with van der Waals surface area (Å²) in [5, 5.41) is 6.59. The molecule has 1 aliphatic carbocycles. The summed E-state index contributed by atoms with van der Waals surface area (Å²) in [6.07, 6.45) is 5.42. The molecule has 1 unspecified atom stereocenters. The molecule has 1 saturated carbocycles. The maximum absolute atomic E-state index is 12.9. The third-order valence-corrected chi connectivity index (χ3v) is 7.83. The van der Waals surface area contributed by atoms with Gasteiger partial charge in [0, 0.05) is 35.2 Å². The van der Waals surface area contributed by atoms with Crippen molar-refractivity contribution in [1.29, 1.82) is 0 Å². The van der Waals surface area contributed by atoms with E-state index in [0.717, 1.165) is 48.7 Å². The van der Waals surface area contributed by atoms with Gasteiger partial charge in [0.2, 0.25) is 5.91 Å². The number of anilines is 1. The average molecular weight is 435 g/mol. The molecule has 31 heavy (non-hydrogen) atoms. The van der Waals surface area contributed by atoms with Crippen LogP contribution in [-0.2, 0) is 4.79 Å². The molecule has 6 heteroatoms. The highest BCUT2D eigenvalue weighted by Crippen LogP contribution is 2.39. The second kappa shape index (κ2) is 8.58. The van der Waals surface area contributed by atoms with Crippen molar-refractivity contribution in [2.24, 2.45) is 5.92 Å². The van der Waals surface area contributed by atoms with Crippen LogP contribution in [0.5, 0.6) is 0 Å². The molecule has 1 aliphatic heterocycles. The lowest BCUT2D eigenvalue weighted by Gasteiger charge is -2.34. The molecule has 5 nitrogen and oxygen atoms in total. The molecule has 1 saturated heterocycles. The van der Waals surface area contributed by atoms with Crippen molar-refractivity contribution in [2.45, 2.75) is 57.9 Å². The standard InChI is InChI=1S/C25H30N4OS/c1-16(18-7-4-3-5-8-18)26-25(30)20-11-13-29(14-12-20)24-22-17(2)31-15-21(22)27-23(28-24)19-9-6-10-19/h3-5,7-8,15-16,19-20H,6,9-14H2,1-2H3,(H,26,30). The summed E-state index contributed by atoms with van der Waals surface area (Å²) in [7, 11) is 0. The number of carbonyl (C=O) groups is 1. The van der Waals surface area contributed by atoms with Crippen molar-refractivity contribution in [1.82, 2.24) is 15.3 Å². The third kappa shape index (κ3) is 4.05. The zero-order valence-electron chi connectivity index (χ0n) is 18.3. The largest absolute Gasteiger partial charge is 0.356 e. The predicted octanol–water partition coefficient (Wildman–Crippen LogP) is 5.36. The molecule has 3 heterocycles. The van der Waals surface area contributed by atoms with E-state index >= 15 is 0 Å². The zero-order valence-corrected chi connectivity index (χ0v) is 19.1. The number of aromatic nitrogens is 2. The number of aryl methyl sites for hydroxylation is 1. The molecule has 5 rings (SSSR count). The molecule has 1 N–H and O–H groups in total. The molecule has 3 aromatic rings. The Morgan fingerprint density at radius 1 is 1.13 bits per heavy atom. The Hall–Kier alpha value is -2.47. The smallest absolute Gasteiger partial charge is 0.223 e. The number of thiophene rings is 1. The molecule has 1 aromatic carbocycles. The number of hydrogen-bond acceptors (Lipinski definition) is 5. The number of hydrogen-bond donors (Lipinski definition) is 1. The van der Waals surface area contributed by atoms with Crippen molar-refractivity contribution in [3.63, 3.8) is 0 Å². The Bertz CT molecular complexity index is 1070. The minimum atomic E-state index is 0.0340. The van der Waals surface area contributed by atoms with Gasteiger partial charge in [-0.15, -0.1) is 11.3 Å². The van der Waals surface area contributed by atoms with E-state index in [1.165, 1.54) is 29.5 Å². The number of rotatable bonds is 5. The fraction of sp³-hybridized carbons (Fsp3) is 0.480. The number of carbonyl (C=O) groups excluding carboxylic acids is 1. The quantitative estimate of drug-likeness (QED) is 0.587. The van der Waals surface area contributed by atoms with Gasteiger partial charge in [0.15, 0.2) is 0 Å². The number of benzene rings is 1. The lowest BCUT2D eigenvalue weighted by atomic mass is 9.85. The Kier molecular flexibility index (Phi) is 5.65. The van der Waals surface area contributed by atoms with Crippen LogP contribution >= 0.6 is 11.3 Å². The summed E-state index contributed by atoms with van der Waals surface area (Å²) < 4.78 is 0. The summed E-state index contributed by atoms with van der Waals surface area (Å²) in [6.45, 7) is 5.95. The molecule has 0 radical (unpaired) electrons. The zero-order chi connectivity index (χ0) is 21.4. The minimum Gasteiger partial charge on any atom is -0.356 e. The van der Waals surface area contributed by atoms with Gasteiger partial charge in [0.25, 0.3) is 0 Å². The van der Waals surface area contributed by atoms with Crippen LogP contribution in [0.4, 0.5) is 5.82 Å². The van der Waals surface area contributed by atoms with Gasteiger partial charge in [-0.1, -0.05) is 36.8 Å². The highest BCUT2D eigenvalue weighted by molar-refractivity contribution is 7.11. The second-order valence-corrected chi connectivity index (χ2v) is 10.1. The van der Waals surface area contributed by atoms with Crippen LogP contribution in [0.15, 0.2) is 35.7 Å². The first-order chi connectivity index (χ1) is 15.1. The van der Waals surface area contributed by atoms with E-state index < -0.39 is 0 Å². The highest BCUT2D eigenvalue weighted by atomic mass is 32.1. The van der Waals surface area contributed by atoms with Crippen molar-refractivity contribution in [3.05, 3.63) is 52.0 Å². The minimum absolute atomic E-state index is 0.0340. The van der Waals surface area contributed by atoms with E-state index in [2.05, 4.69) is 41.6 Å². The van der Waals surface area contributed by atoms with E-state index in [9.17, 15) is 4.79 Å². The summed E-state index contributed by atoms with van der Waals surface area (Å²) in [6, 6.07) is 10.2. The second-order valence-electron chi connectivity index (χ2n) is 8.99. The summed E-state index contributed by atoms with van der Waals surface area (Å²) in [5.41, 5.74) is 2.24. The summed E-state index contributed by atoms with van der Waals surface area (Å²) in [5.74, 6) is 2.86. The van der Waals surface area contributed by atoms with Gasteiger partial charge in [-0.2, -0.15) is 0 Å². The van der Waals surface area contributed by atoms with Crippen LogP contribution in [0.2, 0.25) is 0 Å². The molecule has 0 spiro atoms. The van der Waals surface area contributed by atoms with Crippen molar-refractivity contribution < 1.29 is 4.79 Å². The van der Waals surface area contributed by atoms with Crippen LogP contribution in [-0.4, -0.2) is 29.0 Å². The Morgan fingerprint density at radius 3 is 2.55 bits per heavy atom. The number of fused-ring (bicyclic) bond motifs is 1. The van der Waals surface area contributed by atoms with E-state index in [1.807, 2.05) is 18.2 Å². The molecule has 1 amide bonds. The maximum atomic E-state index is 12.9. The van der Waals surface area contributed by atoms with E-state index in [4.69, 9.17) is 9.97 Å². The normalized spacial score (nSPS) is 18.7. The van der Waals surface area contributed by atoms with Crippen LogP contribution in [0.25, 0.3) is 10.9 Å². The molecule has 0 bridgehead atoms. The van der Waals surface area contributed by atoms with Crippen LogP contribution in [0.1, 0.15) is 67.3 Å². The van der Waals surface area contributed by atoms with Gasteiger partial charge in [0.1, 0.15) is 11.6 Å². The molecule has 2 aliphatic rings. The van der Waals surface area contributed by atoms with Gasteiger partial charge in [0.05, 0.1) is 16.9 Å². The predicted molar refractivity (Wildman–Crippen MR) is 127 cm³/mol. The molecule has 2 fully saturated rings. The Balaban J connectivity index is 1.29. The molecular weight excluding hydrogens is 404 g/mol. The van der Waals surface area contributed by atoms with Crippen molar-refractivity contribution in [2.75, 3.05) is 18.0 Å². The summed E-state index contributed by atoms with van der Waals surface area (Å²) in [4.78, 5) is 26.5. The lowest BCUT2D eigenvalue weighted by Crippen LogP contribution is -2.41. The average Bonchev–Trinajstić information content (AvgIpc) is 3.13. The number of piperidine rings is 1. The maximum Gasteiger partial charge on any atom is 0.223 e. The van der Waals surface area contributed by atoms with E-state index in [-0.39, 0.29) is 17.9 Å². The Morgan fingerprint density at radius 2 is 1.87 bits per heavy atom. The van der Waals surface area contributed by atoms with Crippen molar-refractivity contribution >= 4 is 34.0 Å². The molecular formula is C25H30N4OS. The Labute approximate surface area is 187 Å². The van der Waals surface area contributed by atoms with Gasteiger partial charge in [-0.3, -0.25) is 4.79 Å². The van der Waals surface area contributed by atoms with Crippen LogP contribution in [0, 0.1) is 12.8 Å². The SMILES string of the molecule is Cc1scc2nc(C3CCC3)nc(N3CCC(C(=O)NC(C)c4ccccc4)CC3)c12. The topological polar surface area (TPSA) is 58.1 Å². The first-order valence-electron chi connectivity index (χ1n) is 11.5. The fourth-order valence-electron chi connectivity index (χ4n) is 4.70.